The highest BCUT2D eigenvalue weighted by Crippen LogP contribution is 2.22. The van der Waals surface area contributed by atoms with Gasteiger partial charge in [-0.05, 0) is 10.4 Å². The molecule has 0 amide bonds. The van der Waals surface area contributed by atoms with Crippen molar-refractivity contribution in [1.29, 1.82) is 0 Å². The number of fused-ring (bicyclic) bond motifs is 1. The summed E-state index contributed by atoms with van der Waals surface area (Å²) in [4.78, 5) is 0. The molecule has 2 aromatic heterocycles. The van der Waals surface area contributed by atoms with Crippen molar-refractivity contribution in [2.45, 2.75) is 6.30 Å². The van der Waals surface area contributed by atoms with E-state index in [0.29, 0.717) is 0 Å². The molecule has 0 unspecified atom stereocenters. The molecule has 10 heteroatoms. The Morgan fingerprint density at radius 3 is 2.38 bits per heavy atom. The van der Waals surface area contributed by atoms with Crippen molar-refractivity contribution in [3.63, 3.8) is 0 Å². The van der Waals surface area contributed by atoms with Gasteiger partial charge < -0.3 is 0 Å². The van der Waals surface area contributed by atoms with Gasteiger partial charge in [-0.3, -0.25) is 0 Å². The molecule has 2 rings (SSSR count). The van der Waals surface area contributed by atoms with Crippen molar-refractivity contribution in [2.24, 2.45) is 0 Å². The molecular weight excluding hydrogens is 191 g/mol. The van der Waals surface area contributed by atoms with E-state index < -0.39 is 11.9 Å². The van der Waals surface area contributed by atoms with E-state index in [1.165, 1.54) is 0 Å². The van der Waals surface area contributed by atoms with Crippen molar-refractivity contribution < 1.29 is 13.2 Å². The van der Waals surface area contributed by atoms with Gasteiger partial charge in [0.25, 0.3) is 0 Å². The van der Waals surface area contributed by atoms with Crippen LogP contribution in [0, 0.1) is 0 Å². The Balaban J connectivity index is 2.72. The molecule has 0 radical (unpaired) electrons. The SMILES string of the molecule is FC(F)(F)n1nnc2nnnnc21. The second kappa shape index (κ2) is 2.31. The van der Waals surface area contributed by atoms with Crippen molar-refractivity contribution in [3.05, 3.63) is 0 Å². The average Bonchev–Trinajstić information content (AvgIpc) is 2.45. The van der Waals surface area contributed by atoms with E-state index in [1.54, 1.807) is 0 Å². The second-order valence-corrected chi connectivity index (χ2v) is 2.00. The summed E-state index contributed by atoms with van der Waals surface area (Å²) in [5.41, 5.74) is -0.866. The van der Waals surface area contributed by atoms with Crippen LogP contribution in [-0.2, 0) is 6.30 Å². The first-order valence-electron chi connectivity index (χ1n) is 2.93. The van der Waals surface area contributed by atoms with Crippen LogP contribution in [-0.4, -0.2) is 35.6 Å². The zero-order chi connectivity index (χ0) is 9.47. The Morgan fingerprint density at radius 1 is 1.00 bits per heavy atom. The van der Waals surface area contributed by atoms with Gasteiger partial charge in [0.15, 0.2) is 0 Å². The Hall–Kier alpha value is -1.87. The maximum atomic E-state index is 12.1. The van der Waals surface area contributed by atoms with E-state index in [9.17, 15) is 13.2 Å². The zero-order valence-corrected chi connectivity index (χ0v) is 5.76. The molecule has 0 N–H and O–H groups in total. The number of alkyl halides is 3. The largest absolute Gasteiger partial charge is 0.507 e. The van der Waals surface area contributed by atoms with Gasteiger partial charge in [-0.25, -0.2) is 0 Å². The third kappa shape index (κ3) is 1.15. The molecule has 0 saturated carbocycles. The van der Waals surface area contributed by atoms with Crippen molar-refractivity contribution in [3.8, 4) is 0 Å². The van der Waals surface area contributed by atoms with Gasteiger partial charge in [0.1, 0.15) is 0 Å². The van der Waals surface area contributed by atoms with Crippen LogP contribution in [0.15, 0.2) is 0 Å². The molecule has 2 heterocycles. The Labute approximate surface area is 67.6 Å². The normalized spacial score (nSPS) is 12.2. The van der Waals surface area contributed by atoms with Crippen molar-refractivity contribution in [1.82, 2.24) is 35.6 Å². The quantitative estimate of drug-likeness (QED) is 0.557. The van der Waals surface area contributed by atoms with E-state index in [2.05, 4.69) is 30.9 Å². The molecular formula is C3F3N7. The lowest BCUT2D eigenvalue weighted by atomic mass is 10.7. The third-order valence-corrected chi connectivity index (χ3v) is 1.19. The first-order valence-corrected chi connectivity index (χ1v) is 2.93. The summed E-state index contributed by atoms with van der Waals surface area (Å²) in [5.74, 6) is 0. The number of rotatable bonds is 0. The number of halogens is 3. The van der Waals surface area contributed by atoms with Gasteiger partial charge in [0.05, 0.1) is 0 Å². The van der Waals surface area contributed by atoms with Crippen molar-refractivity contribution in [2.75, 3.05) is 0 Å². The predicted molar refractivity (Wildman–Crippen MR) is 30.0 cm³/mol. The molecule has 0 saturated heterocycles. The molecule has 13 heavy (non-hydrogen) atoms. The fourth-order valence-corrected chi connectivity index (χ4v) is 0.716. The minimum Gasteiger partial charge on any atom is -0.149 e. The maximum Gasteiger partial charge on any atom is 0.507 e. The summed E-state index contributed by atoms with van der Waals surface area (Å²) in [6, 6.07) is 0. The molecule has 68 valence electrons. The fraction of sp³-hybridized carbons (Fsp3) is 0.333. The molecule has 2 aromatic rings. The molecule has 0 aliphatic carbocycles. The average molecular weight is 191 g/mol. The van der Waals surface area contributed by atoms with Crippen LogP contribution in [0.2, 0.25) is 0 Å². The van der Waals surface area contributed by atoms with Crippen LogP contribution >= 0.6 is 0 Å². The minimum absolute atomic E-state index is 0.299. The van der Waals surface area contributed by atoms with E-state index in [0.717, 1.165) is 0 Å². The fourth-order valence-electron chi connectivity index (χ4n) is 0.716. The number of hydrogen-bond donors (Lipinski definition) is 0. The molecule has 0 atom stereocenters. The molecule has 0 aliphatic heterocycles. The predicted octanol–water partition coefficient (Wildman–Crippen LogP) is -0.512. The van der Waals surface area contributed by atoms with Crippen molar-refractivity contribution >= 4 is 11.3 Å². The van der Waals surface area contributed by atoms with Crippen LogP contribution in [0.25, 0.3) is 11.3 Å². The lowest BCUT2D eigenvalue weighted by Crippen LogP contribution is -2.19. The van der Waals surface area contributed by atoms with Crippen LogP contribution in [0.3, 0.4) is 0 Å². The highest BCUT2D eigenvalue weighted by Gasteiger charge is 2.35. The smallest absolute Gasteiger partial charge is 0.149 e. The summed E-state index contributed by atoms with van der Waals surface area (Å²) in [7, 11) is 0. The van der Waals surface area contributed by atoms with E-state index in [1.807, 2.05) is 0 Å². The summed E-state index contributed by atoms with van der Waals surface area (Å²) in [6.07, 6.45) is -4.67. The summed E-state index contributed by atoms with van der Waals surface area (Å²) in [5, 5.41) is 18.2. The van der Waals surface area contributed by atoms with E-state index in [-0.39, 0.29) is 10.3 Å². The van der Waals surface area contributed by atoms with Gasteiger partial charge >= 0.3 is 6.30 Å². The number of hydrogen-bond acceptors (Lipinski definition) is 6. The summed E-state index contributed by atoms with van der Waals surface area (Å²) in [6.45, 7) is 0. The molecule has 0 spiro atoms. The lowest BCUT2D eigenvalue weighted by Gasteiger charge is -2.02. The summed E-state index contributed by atoms with van der Waals surface area (Å²) >= 11 is 0. The third-order valence-electron chi connectivity index (χ3n) is 1.19. The van der Waals surface area contributed by atoms with Crippen LogP contribution in [0.1, 0.15) is 0 Å². The molecule has 7 nitrogen and oxygen atoms in total. The Kier molecular flexibility index (Phi) is 1.38. The van der Waals surface area contributed by atoms with E-state index in [4.69, 9.17) is 0 Å². The molecule has 0 aliphatic rings. The van der Waals surface area contributed by atoms with Gasteiger partial charge in [-0.15, -0.1) is 33.1 Å². The van der Waals surface area contributed by atoms with Gasteiger partial charge in [0, 0.05) is 0 Å². The lowest BCUT2D eigenvalue weighted by molar-refractivity contribution is -0.210. The molecule has 0 bridgehead atoms. The molecule has 0 aromatic carbocycles. The Morgan fingerprint density at radius 2 is 1.69 bits per heavy atom. The topological polar surface area (TPSA) is 82.3 Å². The first-order chi connectivity index (χ1) is 6.09. The van der Waals surface area contributed by atoms with Crippen LogP contribution < -0.4 is 0 Å². The standard InChI is InChI=1S/C3F3N7/c4-3(5,6)13-2-1(8-12-13)7-10-11-9-2. The maximum absolute atomic E-state index is 12.1. The number of aromatic nitrogens is 7. The Bertz CT molecular complexity index is 432. The molecule has 0 fully saturated rings. The van der Waals surface area contributed by atoms with Gasteiger partial charge in [0.2, 0.25) is 11.3 Å². The zero-order valence-electron chi connectivity index (χ0n) is 5.76. The minimum atomic E-state index is -4.67. The highest BCUT2D eigenvalue weighted by atomic mass is 19.4. The number of nitrogens with zero attached hydrogens (tertiary/aromatic N) is 7. The highest BCUT2D eigenvalue weighted by molar-refractivity contribution is 5.62. The second-order valence-electron chi connectivity index (χ2n) is 2.00. The van der Waals surface area contributed by atoms with Gasteiger partial charge in [-0.2, -0.15) is 0 Å². The summed E-state index contributed by atoms with van der Waals surface area (Å²) < 4.78 is 36.0. The monoisotopic (exact) mass is 191 g/mol. The first kappa shape index (κ1) is 7.76. The van der Waals surface area contributed by atoms with Crippen LogP contribution in [0.5, 0.6) is 0 Å². The van der Waals surface area contributed by atoms with E-state index >= 15 is 0 Å². The van der Waals surface area contributed by atoms with Gasteiger partial charge in [-0.1, -0.05) is 5.21 Å². The van der Waals surface area contributed by atoms with Crippen LogP contribution in [0.4, 0.5) is 13.2 Å².